The third kappa shape index (κ3) is 2.40. The third-order valence-electron chi connectivity index (χ3n) is 4.32. The third-order valence-corrected chi connectivity index (χ3v) is 4.32. The fourth-order valence-electron chi connectivity index (χ4n) is 3.26. The summed E-state index contributed by atoms with van der Waals surface area (Å²) in [5.74, 6) is 0.758. The van der Waals surface area contributed by atoms with Crippen molar-refractivity contribution in [2.45, 2.75) is 51.0 Å². The minimum atomic E-state index is 0.403. The number of hydrogen-bond donors (Lipinski definition) is 1. The molecule has 0 bridgehead atoms. The molecule has 0 saturated heterocycles. The molecule has 1 saturated carbocycles. The molecule has 94 valence electrons. The molecule has 0 spiro atoms. The van der Waals surface area contributed by atoms with E-state index in [4.69, 9.17) is 0 Å². The van der Waals surface area contributed by atoms with Gasteiger partial charge >= 0.3 is 0 Å². The molecular formula is C16H25N. The highest BCUT2D eigenvalue weighted by Gasteiger charge is 2.44. The van der Waals surface area contributed by atoms with Crippen LogP contribution in [0, 0.1) is 5.92 Å². The zero-order valence-corrected chi connectivity index (χ0v) is 11.4. The van der Waals surface area contributed by atoms with Gasteiger partial charge in [0.25, 0.3) is 0 Å². The van der Waals surface area contributed by atoms with Crippen LogP contribution >= 0.6 is 0 Å². The molecule has 0 radical (unpaired) electrons. The Balaban J connectivity index is 2.24. The average Bonchev–Trinajstić information content (AvgIpc) is 2.27. The largest absolute Gasteiger partial charge is 0.316 e. The normalized spacial score (nSPS) is 20.0. The maximum absolute atomic E-state index is 3.57. The van der Waals surface area contributed by atoms with Gasteiger partial charge < -0.3 is 5.32 Å². The smallest absolute Gasteiger partial charge is 0.0163 e. The number of rotatable bonds is 5. The lowest BCUT2D eigenvalue weighted by Gasteiger charge is -2.49. The van der Waals surface area contributed by atoms with Crippen molar-refractivity contribution in [3.05, 3.63) is 35.9 Å². The van der Waals surface area contributed by atoms with Crippen molar-refractivity contribution in [1.82, 2.24) is 5.32 Å². The van der Waals surface area contributed by atoms with Gasteiger partial charge in [0.15, 0.2) is 0 Å². The van der Waals surface area contributed by atoms with Crippen LogP contribution in [0.4, 0.5) is 0 Å². The van der Waals surface area contributed by atoms with Crippen LogP contribution in [0.3, 0.4) is 0 Å². The average molecular weight is 231 g/mol. The summed E-state index contributed by atoms with van der Waals surface area (Å²) in [4.78, 5) is 0. The standard InChI is InChI=1S/C16H25N/c1-13(2)12-15(17-3)16(10-7-11-16)14-8-5-4-6-9-14/h4-6,8-9,13,15,17H,7,10-12H2,1-3H3. The molecule has 1 aromatic carbocycles. The molecular weight excluding hydrogens is 206 g/mol. The molecule has 1 atom stereocenters. The molecule has 2 rings (SSSR count). The number of nitrogens with one attached hydrogen (secondary N) is 1. The molecule has 1 aliphatic carbocycles. The Kier molecular flexibility index (Phi) is 3.88. The molecule has 1 aromatic rings. The fourth-order valence-corrected chi connectivity index (χ4v) is 3.26. The molecule has 1 aliphatic rings. The number of likely N-dealkylation sites (N-methyl/N-ethyl adjacent to an activating group) is 1. The highest BCUT2D eigenvalue weighted by atomic mass is 14.9. The summed E-state index contributed by atoms with van der Waals surface area (Å²) in [6.07, 6.45) is 5.33. The van der Waals surface area contributed by atoms with Crippen LogP contribution in [0.2, 0.25) is 0 Å². The van der Waals surface area contributed by atoms with E-state index in [1.165, 1.54) is 31.2 Å². The van der Waals surface area contributed by atoms with Crippen LogP contribution < -0.4 is 5.32 Å². The summed E-state index contributed by atoms with van der Waals surface area (Å²) in [7, 11) is 2.12. The molecule has 0 amide bonds. The van der Waals surface area contributed by atoms with E-state index in [1.807, 2.05) is 0 Å². The van der Waals surface area contributed by atoms with E-state index in [9.17, 15) is 0 Å². The molecule has 1 fully saturated rings. The first-order valence-corrected chi connectivity index (χ1v) is 6.92. The molecule has 1 heteroatoms. The van der Waals surface area contributed by atoms with Crippen LogP contribution in [0.25, 0.3) is 0 Å². The fraction of sp³-hybridized carbons (Fsp3) is 0.625. The van der Waals surface area contributed by atoms with Gasteiger partial charge in [-0.2, -0.15) is 0 Å². The van der Waals surface area contributed by atoms with Gasteiger partial charge in [0, 0.05) is 11.5 Å². The van der Waals surface area contributed by atoms with Crippen LogP contribution in [0.1, 0.15) is 45.1 Å². The van der Waals surface area contributed by atoms with Gasteiger partial charge in [-0.15, -0.1) is 0 Å². The van der Waals surface area contributed by atoms with Gasteiger partial charge in [0.05, 0.1) is 0 Å². The Morgan fingerprint density at radius 2 is 1.82 bits per heavy atom. The maximum Gasteiger partial charge on any atom is 0.0163 e. The zero-order valence-electron chi connectivity index (χ0n) is 11.4. The lowest BCUT2D eigenvalue weighted by Crippen LogP contribution is -2.52. The summed E-state index contributed by atoms with van der Waals surface area (Å²) >= 11 is 0. The molecule has 0 aliphatic heterocycles. The van der Waals surface area contributed by atoms with E-state index in [2.05, 4.69) is 56.5 Å². The summed E-state index contributed by atoms with van der Waals surface area (Å²) < 4.78 is 0. The quantitative estimate of drug-likeness (QED) is 0.814. The second-order valence-corrected chi connectivity index (χ2v) is 5.85. The highest BCUT2D eigenvalue weighted by Crippen LogP contribution is 2.47. The van der Waals surface area contributed by atoms with Crippen LogP contribution in [0.5, 0.6) is 0 Å². The number of benzene rings is 1. The van der Waals surface area contributed by atoms with Crippen molar-refractivity contribution in [3.8, 4) is 0 Å². The van der Waals surface area contributed by atoms with Crippen molar-refractivity contribution in [2.75, 3.05) is 7.05 Å². The maximum atomic E-state index is 3.57. The van der Waals surface area contributed by atoms with Crippen molar-refractivity contribution >= 4 is 0 Å². The lowest BCUT2D eigenvalue weighted by atomic mass is 9.59. The van der Waals surface area contributed by atoms with Crippen LogP contribution in [0.15, 0.2) is 30.3 Å². The lowest BCUT2D eigenvalue weighted by molar-refractivity contribution is 0.157. The summed E-state index contributed by atoms with van der Waals surface area (Å²) in [5, 5.41) is 3.57. The van der Waals surface area contributed by atoms with Gasteiger partial charge in [-0.3, -0.25) is 0 Å². The topological polar surface area (TPSA) is 12.0 Å². The van der Waals surface area contributed by atoms with E-state index in [1.54, 1.807) is 0 Å². The highest BCUT2D eigenvalue weighted by molar-refractivity contribution is 5.30. The summed E-state index contributed by atoms with van der Waals surface area (Å²) in [6, 6.07) is 11.7. The van der Waals surface area contributed by atoms with Gasteiger partial charge in [-0.25, -0.2) is 0 Å². The summed E-state index contributed by atoms with van der Waals surface area (Å²) in [6.45, 7) is 4.64. The predicted octanol–water partition coefficient (Wildman–Crippen LogP) is 3.74. The first kappa shape index (κ1) is 12.6. The van der Waals surface area contributed by atoms with Crippen molar-refractivity contribution in [3.63, 3.8) is 0 Å². The summed E-state index contributed by atoms with van der Waals surface area (Å²) in [5.41, 5.74) is 1.94. The Hall–Kier alpha value is -0.820. The first-order valence-electron chi connectivity index (χ1n) is 6.92. The van der Waals surface area contributed by atoms with Crippen molar-refractivity contribution < 1.29 is 0 Å². The molecule has 17 heavy (non-hydrogen) atoms. The van der Waals surface area contributed by atoms with Crippen LogP contribution in [-0.4, -0.2) is 13.1 Å². The Labute approximate surface area is 106 Å². The Morgan fingerprint density at radius 3 is 2.24 bits per heavy atom. The molecule has 0 aromatic heterocycles. The van der Waals surface area contributed by atoms with Gasteiger partial charge in [0.2, 0.25) is 0 Å². The van der Waals surface area contributed by atoms with E-state index < -0.39 is 0 Å². The Bertz CT molecular complexity index is 338. The first-order chi connectivity index (χ1) is 8.19. The monoisotopic (exact) mass is 231 g/mol. The molecule has 0 heterocycles. The minimum Gasteiger partial charge on any atom is -0.316 e. The predicted molar refractivity (Wildman–Crippen MR) is 74.3 cm³/mol. The van der Waals surface area contributed by atoms with E-state index in [-0.39, 0.29) is 0 Å². The van der Waals surface area contributed by atoms with Crippen molar-refractivity contribution in [2.24, 2.45) is 5.92 Å². The van der Waals surface area contributed by atoms with E-state index in [0.29, 0.717) is 11.5 Å². The second-order valence-electron chi connectivity index (χ2n) is 5.85. The molecule has 1 nitrogen and oxygen atoms in total. The SMILES string of the molecule is CNC(CC(C)C)C1(c2ccccc2)CCC1. The second kappa shape index (κ2) is 5.22. The van der Waals surface area contributed by atoms with E-state index >= 15 is 0 Å². The molecule has 1 unspecified atom stereocenters. The van der Waals surface area contributed by atoms with Gasteiger partial charge in [-0.05, 0) is 37.8 Å². The Morgan fingerprint density at radius 1 is 1.18 bits per heavy atom. The minimum absolute atomic E-state index is 0.403. The zero-order chi connectivity index (χ0) is 12.3. The van der Waals surface area contributed by atoms with Gasteiger partial charge in [-0.1, -0.05) is 50.6 Å². The van der Waals surface area contributed by atoms with Crippen molar-refractivity contribution in [1.29, 1.82) is 0 Å². The number of hydrogen-bond acceptors (Lipinski definition) is 1. The molecule has 1 N–H and O–H groups in total. The van der Waals surface area contributed by atoms with E-state index in [0.717, 1.165) is 5.92 Å². The van der Waals surface area contributed by atoms with Crippen LogP contribution in [-0.2, 0) is 5.41 Å². The van der Waals surface area contributed by atoms with Gasteiger partial charge in [0.1, 0.15) is 0 Å².